The molecule has 0 saturated carbocycles. The quantitative estimate of drug-likeness (QED) is 0.188. The monoisotopic (exact) mass is 559 g/mol. The number of carbonyl (C=O) groups excluding carboxylic acids is 1. The van der Waals surface area contributed by atoms with Gasteiger partial charge in [0.2, 0.25) is 0 Å². The van der Waals surface area contributed by atoms with Crippen molar-refractivity contribution >= 4 is 53.1 Å². The Bertz CT molecular complexity index is 831. The third-order valence-electron chi connectivity index (χ3n) is 4.06. The SMILES string of the molecule is CN=C(NCCCc1nc(C)cs1)NCCc1ccc(NC(=O)OC(C)(C)C)cc1.I. The topological polar surface area (TPSA) is 87.6 Å². The van der Waals surface area contributed by atoms with E-state index in [1.165, 1.54) is 10.6 Å². The minimum Gasteiger partial charge on any atom is -0.444 e. The molecule has 0 atom stereocenters. The van der Waals surface area contributed by atoms with Gasteiger partial charge in [-0.1, -0.05) is 12.1 Å². The lowest BCUT2D eigenvalue weighted by atomic mass is 10.1. The lowest BCUT2D eigenvalue weighted by Gasteiger charge is -2.19. The average Bonchev–Trinajstić information content (AvgIpc) is 3.08. The van der Waals surface area contributed by atoms with Crippen molar-refractivity contribution in [1.29, 1.82) is 0 Å². The van der Waals surface area contributed by atoms with Crippen LogP contribution >= 0.6 is 35.3 Å². The second kappa shape index (κ2) is 13.5. The van der Waals surface area contributed by atoms with Crippen LogP contribution in [0.15, 0.2) is 34.6 Å². The van der Waals surface area contributed by atoms with Crippen molar-refractivity contribution in [2.24, 2.45) is 4.99 Å². The normalized spacial score (nSPS) is 11.5. The molecule has 1 aromatic heterocycles. The second-order valence-electron chi connectivity index (χ2n) is 7.99. The molecule has 31 heavy (non-hydrogen) atoms. The summed E-state index contributed by atoms with van der Waals surface area (Å²) in [4.78, 5) is 20.6. The van der Waals surface area contributed by atoms with Crippen molar-refractivity contribution in [3.8, 4) is 0 Å². The van der Waals surface area contributed by atoms with Gasteiger partial charge in [-0.15, -0.1) is 35.3 Å². The smallest absolute Gasteiger partial charge is 0.412 e. The Hall–Kier alpha value is -1.88. The van der Waals surface area contributed by atoms with Gasteiger partial charge < -0.3 is 15.4 Å². The minimum atomic E-state index is -0.512. The van der Waals surface area contributed by atoms with E-state index in [1.807, 2.05) is 52.0 Å². The number of aryl methyl sites for hydroxylation is 2. The summed E-state index contributed by atoms with van der Waals surface area (Å²) < 4.78 is 5.26. The van der Waals surface area contributed by atoms with Crippen LogP contribution in [-0.4, -0.2) is 42.8 Å². The molecule has 2 aromatic rings. The zero-order chi connectivity index (χ0) is 22.0. The molecule has 3 N–H and O–H groups in total. The number of benzene rings is 1. The standard InChI is InChI=1S/C22H33N5O2S.HI/c1-16-15-30-19(26-16)7-6-13-24-20(23-5)25-14-12-17-8-10-18(11-9-17)27-21(28)29-22(2,3)4;/h8-11,15H,6-7,12-14H2,1-5H3,(H,27,28)(H2,23,24,25);1H. The van der Waals surface area contributed by atoms with Crippen LogP contribution in [0.3, 0.4) is 0 Å². The molecule has 0 fully saturated rings. The summed E-state index contributed by atoms with van der Waals surface area (Å²) in [5.41, 5.74) is 2.47. The molecular formula is C22H34IN5O2S. The number of halogens is 1. The largest absolute Gasteiger partial charge is 0.444 e. The highest BCUT2D eigenvalue weighted by Crippen LogP contribution is 2.13. The first-order chi connectivity index (χ1) is 14.2. The highest BCUT2D eigenvalue weighted by molar-refractivity contribution is 14.0. The first-order valence-corrected chi connectivity index (χ1v) is 11.1. The minimum absolute atomic E-state index is 0. The van der Waals surface area contributed by atoms with Gasteiger partial charge >= 0.3 is 6.09 Å². The van der Waals surface area contributed by atoms with Gasteiger partial charge in [-0.2, -0.15) is 0 Å². The summed E-state index contributed by atoms with van der Waals surface area (Å²) in [6.07, 6.45) is 2.40. The predicted octanol–water partition coefficient (Wildman–Crippen LogP) is 4.76. The van der Waals surface area contributed by atoms with E-state index in [4.69, 9.17) is 4.74 Å². The van der Waals surface area contributed by atoms with Crippen molar-refractivity contribution in [3.05, 3.63) is 45.9 Å². The maximum absolute atomic E-state index is 11.8. The Morgan fingerprint density at radius 3 is 2.39 bits per heavy atom. The fraction of sp³-hybridized carbons (Fsp3) is 0.500. The molecule has 9 heteroatoms. The summed E-state index contributed by atoms with van der Waals surface area (Å²) in [7, 11) is 1.77. The van der Waals surface area contributed by atoms with Gasteiger partial charge in [0, 0.05) is 43.3 Å². The van der Waals surface area contributed by atoms with Crippen molar-refractivity contribution in [2.45, 2.75) is 52.6 Å². The van der Waals surface area contributed by atoms with Crippen LogP contribution in [0.25, 0.3) is 0 Å². The maximum Gasteiger partial charge on any atom is 0.412 e. The van der Waals surface area contributed by atoms with Gasteiger partial charge in [0.05, 0.1) is 5.01 Å². The van der Waals surface area contributed by atoms with Gasteiger partial charge in [0.25, 0.3) is 0 Å². The first kappa shape index (κ1) is 27.2. The number of nitrogens with one attached hydrogen (secondary N) is 3. The number of aliphatic imine (C=N–C) groups is 1. The molecule has 0 aliphatic heterocycles. The van der Waals surface area contributed by atoms with Gasteiger partial charge in [-0.05, 0) is 58.2 Å². The lowest BCUT2D eigenvalue weighted by Crippen LogP contribution is -2.38. The molecule has 0 bridgehead atoms. The molecule has 0 spiro atoms. The fourth-order valence-corrected chi connectivity index (χ4v) is 3.50. The Labute approximate surface area is 206 Å². The molecule has 0 aliphatic carbocycles. The Balaban J connectivity index is 0.00000480. The molecule has 2 rings (SSSR count). The van der Waals surface area contributed by atoms with Crippen LogP contribution < -0.4 is 16.0 Å². The van der Waals surface area contributed by atoms with E-state index in [0.717, 1.165) is 44.0 Å². The molecule has 0 radical (unpaired) electrons. The number of nitrogens with zero attached hydrogens (tertiary/aromatic N) is 2. The van der Waals surface area contributed by atoms with E-state index >= 15 is 0 Å². The van der Waals surface area contributed by atoms with Crippen LogP contribution in [-0.2, 0) is 17.6 Å². The van der Waals surface area contributed by atoms with Crippen LogP contribution in [0.5, 0.6) is 0 Å². The van der Waals surface area contributed by atoms with E-state index in [9.17, 15) is 4.79 Å². The summed E-state index contributed by atoms with van der Waals surface area (Å²) >= 11 is 1.72. The summed E-state index contributed by atoms with van der Waals surface area (Å²) in [5, 5.41) is 12.7. The lowest BCUT2D eigenvalue weighted by molar-refractivity contribution is 0.0636. The van der Waals surface area contributed by atoms with Crippen LogP contribution in [0.4, 0.5) is 10.5 Å². The van der Waals surface area contributed by atoms with Gasteiger partial charge in [0.15, 0.2) is 5.96 Å². The number of ether oxygens (including phenoxy) is 1. The number of amides is 1. The van der Waals surface area contributed by atoms with E-state index < -0.39 is 11.7 Å². The number of rotatable bonds is 8. The zero-order valence-corrected chi connectivity index (χ0v) is 22.1. The van der Waals surface area contributed by atoms with E-state index in [1.54, 1.807) is 18.4 Å². The van der Waals surface area contributed by atoms with Gasteiger partial charge in [-0.25, -0.2) is 9.78 Å². The van der Waals surface area contributed by atoms with E-state index in [-0.39, 0.29) is 24.0 Å². The number of hydrogen-bond donors (Lipinski definition) is 3. The predicted molar refractivity (Wildman–Crippen MR) is 140 cm³/mol. The molecule has 0 aliphatic rings. The molecule has 7 nitrogen and oxygen atoms in total. The van der Waals surface area contributed by atoms with Gasteiger partial charge in [0.1, 0.15) is 5.60 Å². The molecule has 0 unspecified atom stereocenters. The van der Waals surface area contributed by atoms with Crippen LogP contribution in [0, 0.1) is 6.92 Å². The number of thiazole rings is 1. The average molecular weight is 560 g/mol. The molecule has 172 valence electrons. The van der Waals surface area contributed by atoms with Crippen molar-refractivity contribution in [3.63, 3.8) is 0 Å². The summed E-state index contributed by atoms with van der Waals surface area (Å²) in [5.74, 6) is 0.800. The first-order valence-electron chi connectivity index (χ1n) is 10.2. The van der Waals surface area contributed by atoms with E-state index in [2.05, 4.69) is 31.3 Å². The number of carbonyl (C=O) groups is 1. The molecular weight excluding hydrogens is 525 g/mol. The van der Waals surface area contributed by atoms with Crippen molar-refractivity contribution in [2.75, 3.05) is 25.5 Å². The molecule has 1 heterocycles. The molecule has 1 aromatic carbocycles. The van der Waals surface area contributed by atoms with Crippen LogP contribution in [0.1, 0.15) is 43.5 Å². The summed E-state index contributed by atoms with van der Waals surface area (Å²) in [6.45, 7) is 9.16. The maximum atomic E-state index is 11.8. The number of anilines is 1. The Kier molecular flexibility index (Phi) is 11.8. The second-order valence-corrected chi connectivity index (χ2v) is 8.93. The highest BCUT2D eigenvalue weighted by Gasteiger charge is 2.16. The third kappa shape index (κ3) is 11.3. The van der Waals surface area contributed by atoms with Gasteiger partial charge in [-0.3, -0.25) is 10.3 Å². The van der Waals surface area contributed by atoms with Crippen molar-refractivity contribution in [1.82, 2.24) is 15.6 Å². The number of hydrogen-bond acceptors (Lipinski definition) is 5. The Morgan fingerprint density at radius 1 is 1.13 bits per heavy atom. The third-order valence-corrected chi connectivity index (χ3v) is 5.08. The fourth-order valence-electron chi connectivity index (χ4n) is 2.69. The molecule has 0 saturated heterocycles. The van der Waals surface area contributed by atoms with Crippen molar-refractivity contribution < 1.29 is 9.53 Å². The molecule has 1 amide bonds. The Morgan fingerprint density at radius 2 is 1.81 bits per heavy atom. The van der Waals surface area contributed by atoms with Crippen LogP contribution in [0.2, 0.25) is 0 Å². The van der Waals surface area contributed by atoms with E-state index in [0.29, 0.717) is 5.69 Å². The zero-order valence-electron chi connectivity index (χ0n) is 18.9. The summed E-state index contributed by atoms with van der Waals surface area (Å²) in [6, 6.07) is 7.76. The number of guanidine groups is 1. The number of aromatic nitrogens is 1. The highest BCUT2D eigenvalue weighted by atomic mass is 127.